The van der Waals surface area contributed by atoms with Crippen LogP contribution in [0.2, 0.25) is 0 Å². The number of aryl methyl sites for hydroxylation is 3. The maximum Gasteiger partial charge on any atom is 0.251 e. The van der Waals surface area contributed by atoms with E-state index in [1.807, 2.05) is 50.4 Å². The topological polar surface area (TPSA) is 56.1 Å². The maximum atomic E-state index is 12.4. The molecule has 1 amide bonds. The summed E-state index contributed by atoms with van der Waals surface area (Å²) in [6.07, 6.45) is 1.01. The first-order chi connectivity index (χ1) is 13.0. The minimum absolute atomic E-state index is 0.118. The van der Waals surface area contributed by atoms with Gasteiger partial charge in [-0.3, -0.25) is 9.48 Å². The highest BCUT2D eigenvalue weighted by Crippen LogP contribution is 2.15. The van der Waals surface area contributed by atoms with Crippen molar-refractivity contribution in [2.45, 2.75) is 33.4 Å². The fourth-order valence-corrected chi connectivity index (χ4v) is 2.78. The molecule has 0 aliphatic carbocycles. The van der Waals surface area contributed by atoms with Crippen molar-refractivity contribution in [1.82, 2.24) is 15.1 Å². The number of nitrogens with one attached hydrogen (secondary N) is 1. The van der Waals surface area contributed by atoms with Crippen LogP contribution >= 0.6 is 0 Å². The molecule has 140 valence electrons. The predicted molar refractivity (Wildman–Crippen MR) is 106 cm³/mol. The average molecular weight is 363 g/mol. The first kappa shape index (κ1) is 18.7. The number of carbonyl (C=O) groups excluding carboxylic acids is 1. The van der Waals surface area contributed by atoms with Crippen LogP contribution in [0, 0.1) is 6.92 Å². The predicted octanol–water partition coefficient (Wildman–Crippen LogP) is 3.80. The highest BCUT2D eigenvalue weighted by atomic mass is 16.5. The van der Waals surface area contributed by atoms with Gasteiger partial charge in [0.25, 0.3) is 5.91 Å². The smallest absolute Gasteiger partial charge is 0.251 e. The SMILES string of the molecule is CCc1ccc(OCc2cccc(C(=O)NCc3cc(C)n(C)n3)c2)cc1. The van der Waals surface area contributed by atoms with Gasteiger partial charge in [0.15, 0.2) is 0 Å². The van der Waals surface area contributed by atoms with E-state index in [0.29, 0.717) is 18.7 Å². The number of aromatic nitrogens is 2. The van der Waals surface area contributed by atoms with E-state index in [2.05, 4.69) is 29.5 Å². The molecule has 0 radical (unpaired) electrons. The monoisotopic (exact) mass is 363 g/mol. The summed E-state index contributed by atoms with van der Waals surface area (Å²) in [4.78, 5) is 12.4. The number of benzene rings is 2. The highest BCUT2D eigenvalue weighted by Gasteiger charge is 2.08. The lowest BCUT2D eigenvalue weighted by Crippen LogP contribution is -2.23. The minimum Gasteiger partial charge on any atom is -0.489 e. The van der Waals surface area contributed by atoms with E-state index in [9.17, 15) is 4.79 Å². The molecule has 0 fully saturated rings. The van der Waals surface area contributed by atoms with Crippen LogP contribution in [-0.2, 0) is 26.6 Å². The molecule has 1 aromatic heterocycles. The zero-order valence-electron chi connectivity index (χ0n) is 16.0. The molecule has 0 saturated carbocycles. The number of rotatable bonds is 7. The van der Waals surface area contributed by atoms with Crippen LogP contribution in [0.15, 0.2) is 54.6 Å². The van der Waals surface area contributed by atoms with Crippen LogP contribution in [0.3, 0.4) is 0 Å². The summed E-state index contributed by atoms with van der Waals surface area (Å²) in [5, 5.41) is 7.26. The van der Waals surface area contributed by atoms with E-state index in [4.69, 9.17) is 4.74 Å². The quantitative estimate of drug-likeness (QED) is 0.695. The van der Waals surface area contributed by atoms with Crippen molar-refractivity contribution in [2.24, 2.45) is 7.05 Å². The van der Waals surface area contributed by atoms with Crippen LogP contribution in [-0.4, -0.2) is 15.7 Å². The number of ether oxygens (including phenoxy) is 1. The summed E-state index contributed by atoms with van der Waals surface area (Å²) in [7, 11) is 1.89. The summed E-state index contributed by atoms with van der Waals surface area (Å²) in [6, 6.07) is 17.6. The Balaban J connectivity index is 1.57. The van der Waals surface area contributed by atoms with Gasteiger partial charge in [0.2, 0.25) is 0 Å². The third-order valence-electron chi connectivity index (χ3n) is 4.52. The van der Waals surface area contributed by atoms with E-state index in [0.717, 1.165) is 29.1 Å². The molecule has 5 heteroatoms. The number of amides is 1. The molecular weight excluding hydrogens is 338 g/mol. The van der Waals surface area contributed by atoms with E-state index in [1.54, 1.807) is 10.7 Å². The van der Waals surface area contributed by atoms with Crippen molar-refractivity contribution in [3.8, 4) is 5.75 Å². The highest BCUT2D eigenvalue weighted by molar-refractivity contribution is 5.94. The van der Waals surface area contributed by atoms with Gasteiger partial charge in [-0.2, -0.15) is 5.10 Å². The van der Waals surface area contributed by atoms with E-state index in [1.165, 1.54) is 5.56 Å². The van der Waals surface area contributed by atoms with Crippen molar-refractivity contribution in [2.75, 3.05) is 0 Å². The molecule has 3 rings (SSSR count). The van der Waals surface area contributed by atoms with Crippen molar-refractivity contribution < 1.29 is 9.53 Å². The minimum atomic E-state index is -0.118. The Labute approximate surface area is 160 Å². The lowest BCUT2D eigenvalue weighted by atomic mass is 10.1. The first-order valence-corrected chi connectivity index (χ1v) is 9.13. The van der Waals surface area contributed by atoms with Gasteiger partial charge in [-0.1, -0.05) is 31.2 Å². The van der Waals surface area contributed by atoms with Crippen LogP contribution < -0.4 is 10.1 Å². The van der Waals surface area contributed by atoms with Crippen molar-refractivity contribution >= 4 is 5.91 Å². The lowest BCUT2D eigenvalue weighted by Gasteiger charge is -2.09. The Morgan fingerprint density at radius 1 is 1.11 bits per heavy atom. The molecule has 0 bridgehead atoms. The zero-order chi connectivity index (χ0) is 19.2. The number of hydrogen-bond acceptors (Lipinski definition) is 3. The number of hydrogen-bond donors (Lipinski definition) is 1. The summed E-state index contributed by atoms with van der Waals surface area (Å²) in [6.45, 7) is 4.94. The molecule has 0 saturated heterocycles. The van der Waals surface area contributed by atoms with E-state index < -0.39 is 0 Å². The van der Waals surface area contributed by atoms with E-state index >= 15 is 0 Å². The van der Waals surface area contributed by atoms with Crippen molar-refractivity contribution in [1.29, 1.82) is 0 Å². The molecular formula is C22H25N3O2. The van der Waals surface area contributed by atoms with Gasteiger partial charge in [-0.15, -0.1) is 0 Å². The number of nitrogens with zero attached hydrogens (tertiary/aromatic N) is 2. The zero-order valence-corrected chi connectivity index (χ0v) is 16.0. The number of carbonyl (C=O) groups is 1. The molecule has 0 atom stereocenters. The fraction of sp³-hybridized carbons (Fsp3) is 0.273. The molecule has 1 heterocycles. The maximum absolute atomic E-state index is 12.4. The van der Waals surface area contributed by atoms with Crippen molar-refractivity contribution in [3.05, 3.63) is 82.7 Å². The molecule has 5 nitrogen and oxygen atoms in total. The second-order valence-corrected chi connectivity index (χ2v) is 6.57. The Morgan fingerprint density at radius 2 is 1.89 bits per heavy atom. The van der Waals surface area contributed by atoms with Crippen LogP contribution in [0.4, 0.5) is 0 Å². The third kappa shape index (κ3) is 4.97. The average Bonchev–Trinajstić information content (AvgIpc) is 3.02. The van der Waals surface area contributed by atoms with Gasteiger partial charge in [0.1, 0.15) is 12.4 Å². The normalized spacial score (nSPS) is 10.6. The van der Waals surface area contributed by atoms with Crippen LogP contribution in [0.1, 0.15) is 39.8 Å². The molecule has 0 aliphatic rings. The summed E-state index contributed by atoms with van der Waals surface area (Å²) in [5.74, 6) is 0.708. The van der Waals surface area contributed by atoms with Gasteiger partial charge in [0, 0.05) is 18.3 Å². The second-order valence-electron chi connectivity index (χ2n) is 6.57. The molecule has 0 aliphatic heterocycles. The molecule has 2 aromatic carbocycles. The van der Waals surface area contributed by atoms with E-state index in [-0.39, 0.29) is 5.91 Å². The first-order valence-electron chi connectivity index (χ1n) is 9.13. The van der Waals surface area contributed by atoms with Crippen LogP contribution in [0.5, 0.6) is 5.75 Å². The summed E-state index contributed by atoms with van der Waals surface area (Å²) < 4.78 is 7.63. The summed E-state index contributed by atoms with van der Waals surface area (Å²) >= 11 is 0. The Hall–Kier alpha value is -3.08. The van der Waals surface area contributed by atoms with Gasteiger partial charge in [0.05, 0.1) is 12.2 Å². The Morgan fingerprint density at radius 3 is 2.56 bits per heavy atom. The molecule has 27 heavy (non-hydrogen) atoms. The van der Waals surface area contributed by atoms with Gasteiger partial charge >= 0.3 is 0 Å². The van der Waals surface area contributed by atoms with Gasteiger partial charge < -0.3 is 10.1 Å². The molecule has 0 unspecified atom stereocenters. The lowest BCUT2D eigenvalue weighted by molar-refractivity contribution is 0.0950. The third-order valence-corrected chi connectivity index (χ3v) is 4.52. The van der Waals surface area contributed by atoms with Crippen LogP contribution in [0.25, 0.3) is 0 Å². The molecule has 1 N–H and O–H groups in total. The molecule has 0 spiro atoms. The van der Waals surface area contributed by atoms with Gasteiger partial charge in [-0.25, -0.2) is 0 Å². The Kier molecular flexibility index (Phi) is 5.91. The van der Waals surface area contributed by atoms with Gasteiger partial charge in [-0.05, 0) is 54.8 Å². The largest absolute Gasteiger partial charge is 0.489 e. The second kappa shape index (κ2) is 8.54. The Bertz CT molecular complexity index is 894. The fourth-order valence-electron chi connectivity index (χ4n) is 2.78. The standard InChI is InChI=1S/C22H25N3O2/c1-4-17-8-10-21(11-9-17)27-15-18-6-5-7-19(13-18)22(26)23-14-20-12-16(2)25(3)24-20/h5-13H,4,14-15H2,1-3H3,(H,23,26). The molecule has 3 aromatic rings. The summed E-state index contributed by atoms with van der Waals surface area (Å²) in [5.41, 5.74) is 4.76. The van der Waals surface area contributed by atoms with Crippen molar-refractivity contribution in [3.63, 3.8) is 0 Å².